The zero-order valence-electron chi connectivity index (χ0n) is 7.95. The molecule has 78 valence electrons. The van der Waals surface area contributed by atoms with Crippen LogP contribution in [-0.4, -0.2) is 49.7 Å². The normalized spacial score (nSPS) is 13.8. The van der Waals surface area contributed by atoms with Gasteiger partial charge in [0, 0.05) is 24.7 Å². The van der Waals surface area contributed by atoms with Gasteiger partial charge < -0.3 is 4.90 Å². The van der Waals surface area contributed by atoms with Crippen LogP contribution in [0.5, 0.6) is 0 Å². The van der Waals surface area contributed by atoms with E-state index in [4.69, 9.17) is 0 Å². The summed E-state index contributed by atoms with van der Waals surface area (Å²) >= 11 is 3.28. The molecule has 0 aromatic heterocycles. The molecule has 0 spiro atoms. The Balaban J connectivity index is 4.13. The van der Waals surface area contributed by atoms with Gasteiger partial charge in [0.25, 0.3) is 0 Å². The zero-order chi connectivity index (χ0) is 10.6. The third-order valence-corrected chi connectivity index (χ3v) is 2.40. The second-order valence-corrected chi connectivity index (χ2v) is 6.83. The maximum Gasteiger partial charge on any atom is 0.237 e. The van der Waals surface area contributed by atoms with Crippen LogP contribution in [0, 0.1) is 0 Å². The highest BCUT2D eigenvalue weighted by Gasteiger charge is 2.15. The van der Waals surface area contributed by atoms with Crippen LogP contribution in [0.15, 0.2) is 0 Å². The molecule has 0 rings (SSSR count). The Kier molecular flexibility index (Phi) is 4.91. The minimum absolute atomic E-state index is 0.168. The van der Waals surface area contributed by atoms with Crippen LogP contribution in [0.1, 0.15) is 6.92 Å². The van der Waals surface area contributed by atoms with Crippen molar-refractivity contribution in [2.75, 3.05) is 25.6 Å². The molecule has 0 saturated heterocycles. The Morgan fingerprint density at radius 1 is 1.54 bits per heavy atom. The lowest BCUT2D eigenvalue weighted by molar-refractivity contribution is -0.127. The van der Waals surface area contributed by atoms with Gasteiger partial charge in [-0.3, -0.25) is 4.79 Å². The van der Waals surface area contributed by atoms with E-state index in [1.165, 1.54) is 4.90 Å². The number of hydrogen-bond acceptors (Lipinski definition) is 3. The molecule has 0 aromatic carbocycles. The van der Waals surface area contributed by atoms with Gasteiger partial charge >= 0.3 is 0 Å². The predicted molar refractivity (Wildman–Crippen MR) is 55.7 cm³/mol. The van der Waals surface area contributed by atoms with Crippen LogP contribution >= 0.6 is 15.9 Å². The fraction of sp³-hybridized carbons (Fsp3) is 0.857. The Hall–Kier alpha value is -0.100. The predicted octanol–water partition coefficient (Wildman–Crippen LogP) is 0.273. The Morgan fingerprint density at radius 3 is 2.31 bits per heavy atom. The van der Waals surface area contributed by atoms with E-state index in [2.05, 4.69) is 15.9 Å². The average Bonchev–Trinajstić information content (AvgIpc) is 1.81. The van der Waals surface area contributed by atoms with Crippen molar-refractivity contribution in [2.24, 2.45) is 0 Å². The molecule has 0 radical (unpaired) electrons. The third kappa shape index (κ3) is 7.01. The first-order valence-corrected chi connectivity index (χ1v) is 6.75. The van der Waals surface area contributed by atoms with Crippen molar-refractivity contribution in [1.29, 1.82) is 0 Å². The monoisotopic (exact) mass is 271 g/mol. The summed E-state index contributed by atoms with van der Waals surface area (Å²) in [6.07, 6.45) is 1.05. The number of sulfone groups is 1. The number of hydrogen-bond donors (Lipinski definition) is 0. The molecule has 6 heteroatoms. The quantitative estimate of drug-likeness (QED) is 0.690. The summed E-state index contributed by atoms with van der Waals surface area (Å²) in [6.45, 7) is 2.40. The van der Waals surface area contributed by atoms with Crippen molar-refractivity contribution in [3.05, 3.63) is 0 Å². The van der Waals surface area contributed by atoms with Crippen molar-refractivity contribution in [3.8, 4) is 0 Å². The van der Waals surface area contributed by atoms with Crippen LogP contribution in [0.4, 0.5) is 0 Å². The van der Waals surface area contributed by atoms with E-state index in [0.29, 0.717) is 6.54 Å². The lowest BCUT2D eigenvalue weighted by atomic mass is 10.4. The SMILES string of the molecule is CC(Br)CN(C)C(=O)CS(C)(=O)=O. The maximum atomic E-state index is 11.2. The summed E-state index contributed by atoms with van der Waals surface area (Å²) in [6, 6.07) is 0. The van der Waals surface area contributed by atoms with Crippen LogP contribution in [0.25, 0.3) is 0 Å². The molecular weight excluding hydrogens is 258 g/mol. The van der Waals surface area contributed by atoms with Gasteiger partial charge in [0.2, 0.25) is 5.91 Å². The van der Waals surface area contributed by atoms with E-state index in [1.807, 2.05) is 6.92 Å². The molecule has 1 atom stereocenters. The Bertz CT molecular complexity index is 273. The lowest BCUT2D eigenvalue weighted by Gasteiger charge is -2.17. The molecule has 13 heavy (non-hydrogen) atoms. The van der Waals surface area contributed by atoms with Gasteiger partial charge in [0.05, 0.1) is 0 Å². The van der Waals surface area contributed by atoms with Crippen LogP contribution < -0.4 is 0 Å². The van der Waals surface area contributed by atoms with Crippen LogP contribution in [0.3, 0.4) is 0 Å². The largest absolute Gasteiger partial charge is 0.344 e. The molecule has 0 heterocycles. The van der Waals surface area contributed by atoms with Crippen molar-refractivity contribution >= 4 is 31.7 Å². The number of halogens is 1. The molecule has 4 nitrogen and oxygen atoms in total. The van der Waals surface area contributed by atoms with Gasteiger partial charge in [-0.15, -0.1) is 0 Å². The lowest BCUT2D eigenvalue weighted by Crippen LogP contribution is -2.35. The summed E-state index contributed by atoms with van der Waals surface area (Å²) in [7, 11) is -1.62. The molecule has 0 N–H and O–H groups in total. The van der Waals surface area contributed by atoms with Gasteiger partial charge in [0.1, 0.15) is 5.75 Å². The minimum atomic E-state index is -3.21. The fourth-order valence-electron chi connectivity index (χ4n) is 0.814. The topological polar surface area (TPSA) is 54.5 Å². The van der Waals surface area contributed by atoms with E-state index in [0.717, 1.165) is 6.26 Å². The smallest absolute Gasteiger partial charge is 0.237 e. The number of carbonyl (C=O) groups excluding carboxylic acids is 1. The highest BCUT2D eigenvalue weighted by molar-refractivity contribution is 9.09. The molecule has 1 unspecified atom stereocenters. The van der Waals surface area contributed by atoms with E-state index >= 15 is 0 Å². The third-order valence-electron chi connectivity index (χ3n) is 1.34. The number of nitrogens with zero attached hydrogens (tertiary/aromatic N) is 1. The van der Waals surface area contributed by atoms with Crippen molar-refractivity contribution in [3.63, 3.8) is 0 Å². The number of rotatable bonds is 4. The van der Waals surface area contributed by atoms with Crippen molar-refractivity contribution in [2.45, 2.75) is 11.8 Å². The van der Waals surface area contributed by atoms with Crippen molar-refractivity contribution in [1.82, 2.24) is 4.90 Å². The first kappa shape index (κ1) is 12.9. The highest BCUT2D eigenvalue weighted by atomic mass is 79.9. The first-order chi connectivity index (χ1) is 5.72. The average molecular weight is 272 g/mol. The summed E-state index contributed by atoms with van der Waals surface area (Å²) in [5, 5.41) is 0. The second kappa shape index (κ2) is 4.95. The summed E-state index contributed by atoms with van der Waals surface area (Å²) in [4.78, 5) is 12.8. The summed E-state index contributed by atoms with van der Waals surface area (Å²) in [5.74, 6) is -0.780. The van der Waals surface area contributed by atoms with E-state index < -0.39 is 15.6 Å². The fourth-order valence-corrected chi connectivity index (χ4v) is 1.92. The van der Waals surface area contributed by atoms with Crippen LogP contribution in [0.2, 0.25) is 0 Å². The molecule has 0 aliphatic rings. The van der Waals surface area contributed by atoms with Crippen LogP contribution in [-0.2, 0) is 14.6 Å². The Morgan fingerprint density at radius 2 is 2.00 bits per heavy atom. The van der Waals surface area contributed by atoms with Gasteiger partial charge in [0.15, 0.2) is 9.84 Å². The molecule has 0 aliphatic heterocycles. The summed E-state index contributed by atoms with van der Waals surface area (Å²) < 4.78 is 21.5. The van der Waals surface area contributed by atoms with E-state index in [9.17, 15) is 13.2 Å². The Labute approximate surface area is 87.3 Å². The minimum Gasteiger partial charge on any atom is -0.344 e. The van der Waals surface area contributed by atoms with Gasteiger partial charge in [-0.25, -0.2) is 8.42 Å². The molecule has 0 saturated carbocycles. The zero-order valence-corrected chi connectivity index (χ0v) is 10.4. The molecule has 1 amide bonds. The number of amides is 1. The molecule has 0 aliphatic carbocycles. The van der Waals surface area contributed by atoms with E-state index in [1.54, 1.807) is 7.05 Å². The molecule has 0 aromatic rings. The first-order valence-electron chi connectivity index (χ1n) is 3.78. The summed E-state index contributed by atoms with van der Waals surface area (Å²) in [5.41, 5.74) is 0. The molecule has 0 fully saturated rings. The maximum absolute atomic E-state index is 11.2. The van der Waals surface area contributed by atoms with Gasteiger partial charge in [-0.1, -0.05) is 22.9 Å². The van der Waals surface area contributed by atoms with Crippen molar-refractivity contribution < 1.29 is 13.2 Å². The number of alkyl halides is 1. The standard InChI is InChI=1S/C7H14BrNO3S/c1-6(8)4-9(2)7(10)5-13(3,11)12/h6H,4-5H2,1-3H3. The molecule has 0 bridgehead atoms. The molecular formula is C7H14BrNO3S. The van der Waals surface area contributed by atoms with Gasteiger partial charge in [-0.05, 0) is 0 Å². The second-order valence-electron chi connectivity index (χ2n) is 3.13. The number of carbonyl (C=O) groups is 1. The van der Waals surface area contributed by atoms with E-state index in [-0.39, 0.29) is 10.7 Å². The highest BCUT2D eigenvalue weighted by Crippen LogP contribution is 2.00. The van der Waals surface area contributed by atoms with Gasteiger partial charge in [-0.2, -0.15) is 0 Å².